The minimum Gasteiger partial charge on any atom is -0.147 e. The second kappa shape index (κ2) is 10.9. The van der Waals surface area contributed by atoms with Crippen molar-refractivity contribution in [1.82, 2.24) is 0 Å². The fourth-order valence-corrected chi connectivity index (χ4v) is 1.68. The molecule has 0 aliphatic rings. The Hall–Kier alpha value is -1.24. The van der Waals surface area contributed by atoms with E-state index < -0.39 is 8.03 Å². The lowest BCUT2D eigenvalue weighted by molar-refractivity contribution is 0.354. The van der Waals surface area contributed by atoms with Gasteiger partial charge in [-0.25, -0.2) is 0 Å². The first-order chi connectivity index (χ1) is 8.74. The second-order valence-corrected chi connectivity index (χ2v) is 4.34. The van der Waals surface area contributed by atoms with E-state index in [1.807, 2.05) is 20.8 Å². The van der Waals surface area contributed by atoms with Crippen LogP contribution in [0.1, 0.15) is 20.8 Å². The molecule has 3 heteroatoms. The molecule has 98 valence electrons. The van der Waals surface area contributed by atoms with E-state index in [0.717, 1.165) is 0 Å². The van der Waals surface area contributed by atoms with Crippen molar-refractivity contribution in [2.24, 2.45) is 0 Å². The molecule has 0 amide bonds. The van der Waals surface area contributed by atoms with Crippen LogP contribution in [-0.4, -0.2) is 13.3 Å². The summed E-state index contributed by atoms with van der Waals surface area (Å²) in [4.78, 5) is 0. The van der Waals surface area contributed by atoms with Crippen LogP contribution in [0.5, 0.6) is 0 Å². The zero-order valence-corrected chi connectivity index (χ0v) is 12.5. The third kappa shape index (κ3) is 7.16. The van der Waals surface area contributed by atoms with Crippen LogP contribution in [0.25, 0.3) is 10.8 Å². The standard InChI is InChI=1S/C10H8.C3H8O2P.C2H6/c1-2-6-10-8-4-3-7-9(10)5-1;1-3-5-6(2)4;1-2/h1-8H;3H2,1-2H3;1-2H3/q;+1;. The van der Waals surface area contributed by atoms with Crippen molar-refractivity contribution in [3.05, 3.63) is 48.5 Å². The normalized spacial score (nSPS) is 9.67. The van der Waals surface area contributed by atoms with E-state index in [2.05, 4.69) is 53.1 Å². The minimum atomic E-state index is -1.35. The average molecular weight is 265 g/mol. The Morgan fingerprint density at radius 1 is 0.944 bits per heavy atom. The minimum absolute atomic E-state index is 0.547. The van der Waals surface area contributed by atoms with E-state index in [1.165, 1.54) is 10.8 Å². The van der Waals surface area contributed by atoms with Gasteiger partial charge in [0.1, 0.15) is 0 Å². The molecule has 0 N–H and O–H groups in total. The van der Waals surface area contributed by atoms with E-state index in [9.17, 15) is 4.57 Å². The topological polar surface area (TPSA) is 26.3 Å². The second-order valence-electron chi connectivity index (χ2n) is 3.20. The Bertz CT molecular complexity index is 389. The number of fused-ring (bicyclic) bond motifs is 1. The van der Waals surface area contributed by atoms with Crippen molar-refractivity contribution in [3.63, 3.8) is 0 Å². The smallest absolute Gasteiger partial charge is 0.147 e. The van der Waals surface area contributed by atoms with Crippen LogP contribution in [-0.2, 0) is 9.09 Å². The highest BCUT2D eigenvalue weighted by Gasteiger charge is 2.00. The summed E-state index contributed by atoms with van der Waals surface area (Å²) in [5, 5.41) is 2.62. The Morgan fingerprint density at radius 3 is 1.44 bits per heavy atom. The van der Waals surface area contributed by atoms with Gasteiger partial charge >= 0.3 is 8.03 Å². The van der Waals surface area contributed by atoms with Gasteiger partial charge in [0.2, 0.25) is 0 Å². The summed E-state index contributed by atoms with van der Waals surface area (Å²) < 4.78 is 14.5. The molecular weight excluding hydrogens is 243 g/mol. The molecule has 0 fully saturated rings. The van der Waals surface area contributed by atoms with Gasteiger partial charge in [0.05, 0.1) is 6.61 Å². The Balaban J connectivity index is 0.000000315. The summed E-state index contributed by atoms with van der Waals surface area (Å²) in [6, 6.07) is 16.7. The Labute approximate surface area is 111 Å². The molecule has 0 bridgehead atoms. The van der Waals surface area contributed by atoms with E-state index in [-0.39, 0.29) is 0 Å². The van der Waals surface area contributed by atoms with Gasteiger partial charge in [-0.1, -0.05) is 62.4 Å². The molecule has 0 radical (unpaired) electrons. The molecule has 0 saturated heterocycles. The quantitative estimate of drug-likeness (QED) is 0.692. The predicted molar refractivity (Wildman–Crippen MR) is 80.5 cm³/mol. The summed E-state index contributed by atoms with van der Waals surface area (Å²) in [6.07, 6.45) is 0. The first-order valence-electron chi connectivity index (χ1n) is 6.21. The first kappa shape index (κ1) is 16.8. The van der Waals surface area contributed by atoms with Gasteiger partial charge in [-0.15, -0.1) is 4.52 Å². The first-order valence-corrected chi connectivity index (χ1v) is 7.84. The maximum absolute atomic E-state index is 9.97. The molecule has 0 aliphatic carbocycles. The molecule has 2 aromatic carbocycles. The van der Waals surface area contributed by atoms with Gasteiger partial charge in [0, 0.05) is 0 Å². The van der Waals surface area contributed by atoms with Crippen LogP contribution in [0, 0.1) is 0 Å². The predicted octanol–water partition coefficient (Wildman–Crippen LogP) is 5.26. The van der Waals surface area contributed by atoms with Crippen molar-refractivity contribution in [3.8, 4) is 0 Å². The summed E-state index contributed by atoms with van der Waals surface area (Å²) in [6.45, 7) is 7.90. The average Bonchev–Trinajstić information content (AvgIpc) is 2.42. The highest BCUT2D eigenvalue weighted by molar-refractivity contribution is 7.38. The molecule has 2 aromatic rings. The molecule has 2 nitrogen and oxygen atoms in total. The maximum atomic E-state index is 9.97. The highest BCUT2D eigenvalue weighted by atomic mass is 31.1. The molecule has 1 atom stereocenters. The Kier molecular flexibility index (Phi) is 10.1. The zero-order valence-electron chi connectivity index (χ0n) is 11.6. The molecule has 0 saturated carbocycles. The summed E-state index contributed by atoms with van der Waals surface area (Å²) in [5.74, 6) is 0. The van der Waals surface area contributed by atoms with Crippen LogP contribution < -0.4 is 0 Å². The van der Waals surface area contributed by atoms with Gasteiger partial charge < -0.3 is 0 Å². The summed E-state index contributed by atoms with van der Waals surface area (Å²) >= 11 is 0. The molecule has 2 rings (SSSR count). The molecule has 0 spiro atoms. The van der Waals surface area contributed by atoms with Crippen LogP contribution >= 0.6 is 8.03 Å². The van der Waals surface area contributed by atoms with Crippen molar-refractivity contribution < 1.29 is 9.09 Å². The fraction of sp³-hybridized carbons (Fsp3) is 0.333. The van der Waals surface area contributed by atoms with E-state index in [0.29, 0.717) is 6.61 Å². The van der Waals surface area contributed by atoms with E-state index in [1.54, 1.807) is 6.66 Å². The van der Waals surface area contributed by atoms with Gasteiger partial charge in [-0.3, -0.25) is 0 Å². The SMILES string of the molecule is CC.CCO[P+](C)=O.c1ccc2ccccc2c1. The molecule has 0 heterocycles. The van der Waals surface area contributed by atoms with Crippen molar-refractivity contribution >= 4 is 18.8 Å². The van der Waals surface area contributed by atoms with Crippen LogP contribution in [0.4, 0.5) is 0 Å². The third-order valence-electron chi connectivity index (χ3n) is 1.97. The molecule has 18 heavy (non-hydrogen) atoms. The Morgan fingerprint density at radius 2 is 1.28 bits per heavy atom. The van der Waals surface area contributed by atoms with Crippen molar-refractivity contribution in [1.29, 1.82) is 0 Å². The lowest BCUT2D eigenvalue weighted by atomic mass is 10.1. The molecule has 0 aliphatic heterocycles. The monoisotopic (exact) mass is 265 g/mol. The van der Waals surface area contributed by atoms with Crippen molar-refractivity contribution in [2.45, 2.75) is 20.8 Å². The van der Waals surface area contributed by atoms with Crippen LogP contribution in [0.15, 0.2) is 48.5 Å². The lowest BCUT2D eigenvalue weighted by Gasteiger charge is -1.92. The van der Waals surface area contributed by atoms with Crippen LogP contribution in [0.3, 0.4) is 0 Å². The molecular formula is C15H22O2P+. The van der Waals surface area contributed by atoms with Gasteiger partial charge in [0.15, 0.2) is 6.66 Å². The highest BCUT2D eigenvalue weighted by Crippen LogP contribution is 2.13. The zero-order chi connectivity index (χ0) is 13.8. The van der Waals surface area contributed by atoms with Crippen LogP contribution in [0.2, 0.25) is 0 Å². The third-order valence-corrected chi connectivity index (χ3v) is 2.59. The van der Waals surface area contributed by atoms with E-state index >= 15 is 0 Å². The van der Waals surface area contributed by atoms with Crippen molar-refractivity contribution in [2.75, 3.05) is 13.3 Å². The van der Waals surface area contributed by atoms with Gasteiger partial charge in [0.25, 0.3) is 0 Å². The summed E-state index contributed by atoms with van der Waals surface area (Å²) in [7, 11) is -1.35. The number of rotatable bonds is 2. The fourth-order valence-electron chi connectivity index (χ4n) is 1.31. The number of hydrogen-bond acceptors (Lipinski definition) is 2. The number of benzene rings is 2. The maximum Gasteiger partial charge on any atom is 0.504 e. The molecule has 1 unspecified atom stereocenters. The molecule has 0 aromatic heterocycles. The number of hydrogen-bond donors (Lipinski definition) is 0. The largest absolute Gasteiger partial charge is 0.504 e. The van der Waals surface area contributed by atoms with Gasteiger partial charge in [-0.2, -0.15) is 0 Å². The van der Waals surface area contributed by atoms with E-state index in [4.69, 9.17) is 0 Å². The lowest BCUT2D eigenvalue weighted by Crippen LogP contribution is -1.72. The summed E-state index contributed by atoms with van der Waals surface area (Å²) in [5.41, 5.74) is 0. The van der Waals surface area contributed by atoms with Gasteiger partial charge in [-0.05, 0) is 22.3 Å².